The van der Waals surface area contributed by atoms with Crippen molar-refractivity contribution in [3.63, 3.8) is 0 Å². The minimum absolute atomic E-state index is 0.0119. The average molecular weight is 474 g/mol. The number of hydrogen-bond acceptors (Lipinski definition) is 5. The van der Waals surface area contributed by atoms with Gasteiger partial charge < -0.3 is 14.2 Å². The lowest BCUT2D eigenvalue weighted by atomic mass is 9.89. The molecule has 0 bridgehead atoms. The van der Waals surface area contributed by atoms with Crippen LogP contribution in [0.15, 0.2) is 47.3 Å². The summed E-state index contributed by atoms with van der Waals surface area (Å²) in [6.07, 6.45) is 5.19. The Morgan fingerprint density at radius 3 is 2.46 bits per heavy atom. The molecule has 4 heterocycles. The number of aromatic nitrogens is 4. The van der Waals surface area contributed by atoms with Gasteiger partial charge in [-0.25, -0.2) is 4.98 Å². The number of fused-ring (bicyclic) bond motifs is 3. The summed E-state index contributed by atoms with van der Waals surface area (Å²) >= 11 is 0. The Hall–Kier alpha value is -3.19. The van der Waals surface area contributed by atoms with Crippen molar-refractivity contribution in [3.8, 4) is 5.88 Å². The number of nitrogens with zero attached hydrogens (tertiary/aromatic N) is 5. The quantitative estimate of drug-likeness (QED) is 0.351. The van der Waals surface area contributed by atoms with Crippen molar-refractivity contribution in [2.75, 3.05) is 26.7 Å². The number of rotatable bonds is 8. The summed E-state index contributed by atoms with van der Waals surface area (Å²) in [7, 11) is 1.62. The molecule has 1 saturated heterocycles. The molecule has 0 radical (unpaired) electrons. The van der Waals surface area contributed by atoms with Crippen LogP contribution in [-0.2, 0) is 13.0 Å². The first-order chi connectivity index (χ1) is 17.1. The van der Waals surface area contributed by atoms with E-state index in [4.69, 9.17) is 9.72 Å². The Morgan fingerprint density at radius 1 is 1.00 bits per heavy atom. The summed E-state index contributed by atoms with van der Waals surface area (Å²) in [5.41, 5.74) is 4.43. The fourth-order valence-electron chi connectivity index (χ4n) is 5.50. The lowest BCUT2D eigenvalue weighted by molar-refractivity contribution is 0.208. The van der Waals surface area contributed by atoms with E-state index in [9.17, 15) is 4.79 Å². The molecular formula is C28H35N5O2. The first kappa shape index (κ1) is 23.5. The van der Waals surface area contributed by atoms with Crippen molar-refractivity contribution in [2.45, 2.75) is 58.4 Å². The molecule has 1 aliphatic rings. The van der Waals surface area contributed by atoms with Gasteiger partial charge in [0.1, 0.15) is 11.3 Å². The van der Waals surface area contributed by atoms with E-state index in [2.05, 4.69) is 47.1 Å². The molecule has 1 aliphatic heterocycles. The van der Waals surface area contributed by atoms with Gasteiger partial charge in [-0.05, 0) is 69.8 Å². The highest BCUT2D eigenvalue weighted by molar-refractivity contribution is 5.77. The van der Waals surface area contributed by atoms with Gasteiger partial charge in [0.05, 0.1) is 18.3 Å². The summed E-state index contributed by atoms with van der Waals surface area (Å²) in [5.74, 6) is 2.07. The topological polar surface area (TPSA) is 64.7 Å². The number of hydrogen-bond donors (Lipinski definition) is 0. The molecular weight excluding hydrogens is 438 g/mol. The van der Waals surface area contributed by atoms with Gasteiger partial charge in [0.15, 0.2) is 5.65 Å². The van der Waals surface area contributed by atoms with Crippen molar-refractivity contribution < 1.29 is 4.74 Å². The third-order valence-corrected chi connectivity index (χ3v) is 7.39. The highest BCUT2D eigenvalue weighted by Gasteiger charge is 2.21. The van der Waals surface area contributed by atoms with Crippen LogP contribution < -0.4 is 10.3 Å². The van der Waals surface area contributed by atoms with Crippen LogP contribution in [-0.4, -0.2) is 50.6 Å². The van der Waals surface area contributed by atoms with E-state index >= 15 is 0 Å². The molecule has 3 aromatic heterocycles. The van der Waals surface area contributed by atoms with Crippen molar-refractivity contribution in [3.05, 3.63) is 69.9 Å². The number of methoxy groups -OCH3 is 1. The average Bonchev–Trinajstić information content (AvgIpc) is 3.25. The zero-order valence-corrected chi connectivity index (χ0v) is 21.0. The summed E-state index contributed by atoms with van der Waals surface area (Å²) in [4.78, 5) is 25.5. The molecule has 0 saturated carbocycles. The van der Waals surface area contributed by atoms with Crippen LogP contribution in [0.2, 0.25) is 0 Å². The third kappa shape index (κ3) is 4.57. The molecule has 5 rings (SSSR count). The zero-order chi connectivity index (χ0) is 24.4. The monoisotopic (exact) mass is 473 g/mol. The van der Waals surface area contributed by atoms with Crippen LogP contribution in [0.4, 0.5) is 0 Å². The first-order valence-corrected chi connectivity index (χ1v) is 12.8. The van der Waals surface area contributed by atoms with Crippen LogP contribution in [0.1, 0.15) is 55.6 Å². The van der Waals surface area contributed by atoms with E-state index < -0.39 is 0 Å². The number of piperidine rings is 1. The van der Waals surface area contributed by atoms with Crippen LogP contribution in [0.25, 0.3) is 16.7 Å². The smallest absolute Gasteiger partial charge is 0.277 e. The Kier molecular flexibility index (Phi) is 6.86. The molecule has 0 N–H and O–H groups in total. The van der Waals surface area contributed by atoms with Gasteiger partial charge in [-0.15, -0.1) is 0 Å². The number of ether oxygens (including phenoxy) is 1. The lowest BCUT2D eigenvalue weighted by Gasteiger charge is -2.32. The molecule has 0 unspecified atom stereocenters. The van der Waals surface area contributed by atoms with Gasteiger partial charge in [-0.3, -0.25) is 9.20 Å². The lowest BCUT2D eigenvalue weighted by Crippen LogP contribution is -2.34. The summed E-state index contributed by atoms with van der Waals surface area (Å²) in [6, 6.07) is 14.7. The van der Waals surface area contributed by atoms with Crippen molar-refractivity contribution >= 4 is 16.7 Å². The van der Waals surface area contributed by atoms with Crippen molar-refractivity contribution in [1.29, 1.82) is 0 Å². The minimum atomic E-state index is 0.0119. The second-order valence-electron chi connectivity index (χ2n) is 9.54. The molecule has 7 nitrogen and oxygen atoms in total. The van der Waals surface area contributed by atoms with Crippen LogP contribution >= 0.6 is 0 Å². The van der Waals surface area contributed by atoms with Gasteiger partial charge in [0.2, 0.25) is 5.88 Å². The first-order valence-electron chi connectivity index (χ1n) is 12.8. The van der Waals surface area contributed by atoms with E-state index in [1.807, 2.05) is 28.0 Å². The number of benzene rings is 1. The van der Waals surface area contributed by atoms with Crippen molar-refractivity contribution in [1.82, 2.24) is 23.8 Å². The zero-order valence-electron chi connectivity index (χ0n) is 21.0. The second-order valence-corrected chi connectivity index (χ2v) is 9.54. The molecule has 0 atom stereocenters. The largest absolute Gasteiger partial charge is 0.481 e. The number of pyridine rings is 1. The molecule has 4 aromatic rings. The van der Waals surface area contributed by atoms with E-state index in [-0.39, 0.29) is 5.56 Å². The summed E-state index contributed by atoms with van der Waals surface area (Å²) in [6.45, 7) is 8.00. The van der Waals surface area contributed by atoms with E-state index in [0.29, 0.717) is 23.9 Å². The maximum atomic E-state index is 13.5. The van der Waals surface area contributed by atoms with E-state index in [0.717, 1.165) is 61.6 Å². The van der Waals surface area contributed by atoms with Gasteiger partial charge in [-0.1, -0.05) is 37.3 Å². The SMILES string of the molecule is CCc1nc(C)c2c(=O)n(CCCCN3CCC(c4ccccc4)CC3)c3ccc(OC)nc3n12. The molecule has 1 aromatic carbocycles. The van der Waals surface area contributed by atoms with Crippen molar-refractivity contribution in [2.24, 2.45) is 0 Å². The number of imidazole rings is 1. The Labute approximate surface area is 206 Å². The van der Waals surface area contributed by atoms with Gasteiger partial charge in [0.25, 0.3) is 5.56 Å². The fraction of sp³-hybridized carbons (Fsp3) is 0.464. The van der Waals surface area contributed by atoms with E-state index in [1.54, 1.807) is 7.11 Å². The maximum Gasteiger partial charge on any atom is 0.277 e. The predicted molar refractivity (Wildman–Crippen MR) is 140 cm³/mol. The second kappa shape index (κ2) is 10.2. The Balaban J connectivity index is 1.29. The number of likely N-dealkylation sites (tertiary alicyclic amines) is 1. The normalized spacial score (nSPS) is 15.3. The molecule has 0 spiro atoms. The highest BCUT2D eigenvalue weighted by Crippen LogP contribution is 2.28. The van der Waals surface area contributed by atoms with Gasteiger partial charge in [0, 0.05) is 19.0 Å². The summed E-state index contributed by atoms with van der Waals surface area (Å²) in [5, 5.41) is 0. The van der Waals surface area contributed by atoms with Gasteiger partial charge >= 0.3 is 0 Å². The minimum Gasteiger partial charge on any atom is -0.481 e. The molecule has 0 aliphatic carbocycles. The Morgan fingerprint density at radius 2 is 1.74 bits per heavy atom. The molecule has 35 heavy (non-hydrogen) atoms. The molecule has 1 fully saturated rings. The predicted octanol–water partition coefficient (Wildman–Crippen LogP) is 4.58. The number of unbranched alkanes of at least 4 members (excludes halogenated alkanes) is 1. The van der Waals surface area contributed by atoms with E-state index in [1.165, 1.54) is 18.4 Å². The Bertz CT molecular complexity index is 1370. The molecule has 7 heteroatoms. The maximum absolute atomic E-state index is 13.5. The number of aryl methyl sites for hydroxylation is 3. The standard InChI is InChI=1S/C28H35N5O2/c1-4-24-29-20(2)26-28(34)32(23-12-13-25(35-3)30-27(23)33(24)26)17-9-8-16-31-18-14-22(15-19-31)21-10-6-5-7-11-21/h5-7,10-13,22H,4,8-9,14-19H2,1-3H3. The summed E-state index contributed by atoms with van der Waals surface area (Å²) < 4.78 is 9.19. The molecule has 184 valence electrons. The fourth-order valence-corrected chi connectivity index (χ4v) is 5.50. The van der Waals surface area contributed by atoms with Crippen LogP contribution in [0, 0.1) is 6.92 Å². The third-order valence-electron chi connectivity index (χ3n) is 7.39. The van der Waals surface area contributed by atoms with Crippen LogP contribution in [0.5, 0.6) is 5.88 Å². The van der Waals surface area contributed by atoms with Gasteiger partial charge in [-0.2, -0.15) is 4.98 Å². The van der Waals surface area contributed by atoms with Crippen LogP contribution in [0.3, 0.4) is 0 Å². The molecule has 0 amide bonds. The highest BCUT2D eigenvalue weighted by atomic mass is 16.5.